The average molecular weight is 443 g/mol. The Morgan fingerprint density at radius 2 is 1.52 bits per heavy atom. The van der Waals surface area contributed by atoms with Gasteiger partial charge in [-0.2, -0.15) is 0 Å². The lowest BCUT2D eigenvalue weighted by Gasteiger charge is -2.36. The van der Waals surface area contributed by atoms with E-state index in [4.69, 9.17) is 14.2 Å². The van der Waals surface area contributed by atoms with E-state index in [0.717, 1.165) is 32.1 Å². The molecule has 3 unspecified atom stereocenters. The van der Waals surface area contributed by atoms with Gasteiger partial charge in [0.15, 0.2) is 0 Å². The second kappa shape index (κ2) is 13.8. The zero-order valence-electron chi connectivity index (χ0n) is 18.9. The maximum absolute atomic E-state index is 13.0. The third-order valence-electron chi connectivity index (χ3n) is 6.26. The summed E-state index contributed by atoms with van der Waals surface area (Å²) in [5.41, 5.74) is 0. The zero-order valence-corrected chi connectivity index (χ0v) is 18.9. The molecule has 2 saturated carbocycles. The number of ether oxygens (including phenoxy) is 4. The Morgan fingerprint density at radius 3 is 2.16 bits per heavy atom. The Morgan fingerprint density at radius 1 is 0.871 bits per heavy atom. The summed E-state index contributed by atoms with van der Waals surface area (Å²) in [6.45, 7) is 2.72. The predicted octanol–water partition coefficient (Wildman–Crippen LogP) is 2.58. The van der Waals surface area contributed by atoms with Crippen LogP contribution in [0.2, 0.25) is 0 Å². The number of carbonyl (C=O) groups is 3. The van der Waals surface area contributed by atoms with Crippen LogP contribution in [0.5, 0.6) is 0 Å². The van der Waals surface area contributed by atoms with Crippen LogP contribution in [0.1, 0.15) is 71.1 Å². The van der Waals surface area contributed by atoms with Gasteiger partial charge in [0.1, 0.15) is 5.78 Å². The molecule has 2 aliphatic carbocycles. The number of carbonyl (C=O) groups excluding carboxylic acids is 3. The highest BCUT2D eigenvalue weighted by Gasteiger charge is 2.38. The first-order valence-corrected chi connectivity index (χ1v) is 11.6. The largest absolute Gasteiger partial charge is 0.469 e. The van der Waals surface area contributed by atoms with Gasteiger partial charge in [-0.05, 0) is 44.9 Å². The van der Waals surface area contributed by atoms with Crippen molar-refractivity contribution in [3.05, 3.63) is 0 Å². The molecule has 0 spiro atoms. The van der Waals surface area contributed by atoms with Crippen LogP contribution < -0.4 is 0 Å². The Kier molecular flexibility index (Phi) is 11.5. The average Bonchev–Trinajstić information content (AvgIpc) is 2.76. The van der Waals surface area contributed by atoms with E-state index in [1.165, 1.54) is 14.0 Å². The number of esters is 2. The molecule has 1 N–H and O–H groups in total. The number of hydrogen-bond donors (Lipinski definition) is 1. The van der Waals surface area contributed by atoms with Crippen molar-refractivity contribution in [2.75, 3.05) is 26.9 Å². The molecule has 0 amide bonds. The van der Waals surface area contributed by atoms with Gasteiger partial charge >= 0.3 is 11.9 Å². The maximum Gasteiger partial charge on any atom is 0.305 e. The van der Waals surface area contributed by atoms with Crippen molar-refractivity contribution in [1.29, 1.82) is 0 Å². The van der Waals surface area contributed by atoms with E-state index in [-0.39, 0.29) is 41.8 Å². The summed E-state index contributed by atoms with van der Waals surface area (Å²) in [5, 5.41) is 10.5. The number of methoxy groups -OCH3 is 1. The number of hydrogen-bond acceptors (Lipinski definition) is 8. The van der Waals surface area contributed by atoms with E-state index in [0.29, 0.717) is 51.9 Å². The van der Waals surface area contributed by atoms with Gasteiger partial charge in [-0.15, -0.1) is 0 Å². The number of ketones is 1. The van der Waals surface area contributed by atoms with Gasteiger partial charge < -0.3 is 24.1 Å². The predicted molar refractivity (Wildman–Crippen MR) is 112 cm³/mol. The fraction of sp³-hybridized carbons (Fsp3) is 0.870. The van der Waals surface area contributed by atoms with Gasteiger partial charge in [-0.3, -0.25) is 14.4 Å². The highest BCUT2D eigenvalue weighted by Crippen LogP contribution is 2.34. The Hall–Kier alpha value is -1.51. The van der Waals surface area contributed by atoms with Crippen LogP contribution in [0.25, 0.3) is 0 Å². The molecule has 2 aliphatic rings. The van der Waals surface area contributed by atoms with E-state index >= 15 is 0 Å². The van der Waals surface area contributed by atoms with Crippen LogP contribution in [0, 0.1) is 11.8 Å². The summed E-state index contributed by atoms with van der Waals surface area (Å²) in [6, 6.07) is 0. The SMILES string of the molecule is COC(=O)CCCOC1CCC(C(=O)C2CCC(OCCCOC(C)=O)CC2O)CC1. The van der Waals surface area contributed by atoms with Gasteiger partial charge in [0.05, 0.1) is 38.6 Å². The lowest BCUT2D eigenvalue weighted by atomic mass is 9.74. The monoisotopic (exact) mass is 442 g/mol. The van der Waals surface area contributed by atoms with Gasteiger partial charge in [0, 0.05) is 44.6 Å². The lowest BCUT2D eigenvalue weighted by molar-refractivity contribution is -0.142. The second-order valence-corrected chi connectivity index (χ2v) is 8.60. The van der Waals surface area contributed by atoms with Crippen LogP contribution >= 0.6 is 0 Å². The third-order valence-corrected chi connectivity index (χ3v) is 6.26. The molecular formula is C23H38O8. The Balaban J connectivity index is 1.62. The first kappa shape index (κ1) is 25.7. The molecule has 178 valence electrons. The van der Waals surface area contributed by atoms with E-state index in [1.807, 2.05) is 0 Å². The van der Waals surface area contributed by atoms with Crippen molar-refractivity contribution in [2.45, 2.75) is 89.4 Å². The summed E-state index contributed by atoms with van der Waals surface area (Å²) in [6.07, 6.45) is 6.22. The molecule has 0 aromatic carbocycles. The van der Waals surface area contributed by atoms with Crippen molar-refractivity contribution in [3.8, 4) is 0 Å². The Bertz CT molecular complexity index is 570. The highest BCUT2D eigenvalue weighted by molar-refractivity contribution is 5.84. The maximum atomic E-state index is 13.0. The molecule has 0 saturated heterocycles. The van der Waals surface area contributed by atoms with Gasteiger partial charge in [0.2, 0.25) is 0 Å². The van der Waals surface area contributed by atoms with E-state index in [1.54, 1.807) is 0 Å². The minimum absolute atomic E-state index is 0.00392. The van der Waals surface area contributed by atoms with Crippen LogP contribution in [0.15, 0.2) is 0 Å². The van der Waals surface area contributed by atoms with Crippen molar-refractivity contribution in [2.24, 2.45) is 11.8 Å². The number of rotatable bonds is 12. The van der Waals surface area contributed by atoms with Crippen molar-refractivity contribution >= 4 is 17.7 Å². The standard InChI is InChI=1S/C23H38O8/c1-16(24)29-13-4-14-31-19-10-11-20(21(25)15-19)23(27)17-6-8-18(9-7-17)30-12-3-5-22(26)28-2/h17-21,25H,3-15H2,1-2H3. The van der Waals surface area contributed by atoms with Crippen LogP contribution in [0.4, 0.5) is 0 Å². The summed E-state index contributed by atoms with van der Waals surface area (Å²) < 4.78 is 21.1. The van der Waals surface area contributed by atoms with E-state index < -0.39 is 6.10 Å². The first-order chi connectivity index (χ1) is 14.9. The molecule has 2 fully saturated rings. The second-order valence-electron chi connectivity index (χ2n) is 8.60. The number of Topliss-reactive ketones (excluding diaryl/α,β-unsaturated/α-hetero) is 1. The molecule has 0 radical (unpaired) electrons. The Labute approximate surface area is 184 Å². The molecule has 2 rings (SSSR count). The fourth-order valence-corrected chi connectivity index (χ4v) is 4.50. The number of aliphatic hydroxyl groups excluding tert-OH is 1. The lowest BCUT2D eigenvalue weighted by Crippen LogP contribution is -2.41. The normalized spacial score (nSPS) is 28.7. The summed E-state index contributed by atoms with van der Waals surface area (Å²) in [5.74, 6) is -0.642. The molecule has 0 heterocycles. The van der Waals surface area contributed by atoms with Crippen LogP contribution in [-0.4, -0.2) is 68.1 Å². The minimum atomic E-state index is -0.660. The summed E-state index contributed by atoms with van der Waals surface area (Å²) in [4.78, 5) is 34.8. The van der Waals surface area contributed by atoms with Crippen LogP contribution in [-0.2, 0) is 33.3 Å². The number of aliphatic hydroxyl groups is 1. The van der Waals surface area contributed by atoms with Gasteiger partial charge in [-0.25, -0.2) is 0 Å². The fourth-order valence-electron chi connectivity index (χ4n) is 4.50. The summed E-state index contributed by atoms with van der Waals surface area (Å²) >= 11 is 0. The molecule has 0 aromatic rings. The molecule has 31 heavy (non-hydrogen) atoms. The highest BCUT2D eigenvalue weighted by atomic mass is 16.5. The molecule has 0 bridgehead atoms. The van der Waals surface area contributed by atoms with Crippen molar-refractivity contribution in [1.82, 2.24) is 0 Å². The first-order valence-electron chi connectivity index (χ1n) is 11.6. The summed E-state index contributed by atoms with van der Waals surface area (Å²) in [7, 11) is 1.38. The molecular weight excluding hydrogens is 404 g/mol. The van der Waals surface area contributed by atoms with E-state index in [9.17, 15) is 19.5 Å². The van der Waals surface area contributed by atoms with Gasteiger partial charge in [0.25, 0.3) is 0 Å². The zero-order chi connectivity index (χ0) is 22.6. The molecule has 8 nitrogen and oxygen atoms in total. The topological polar surface area (TPSA) is 108 Å². The quantitative estimate of drug-likeness (QED) is 0.363. The van der Waals surface area contributed by atoms with Crippen molar-refractivity contribution in [3.63, 3.8) is 0 Å². The van der Waals surface area contributed by atoms with E-state index in [2.05, 4.69) is 4.74 Å². The molecule has 0 aliphatic heterocycles. The van der Waals surface area contributed by atoms with Crippen molar-refractivity contribution < 1.29 is 38.4 Å². The van der Waals surface area contributed by atoms with Gasteiger partial charge in [-0.1, -0.05) is 0 Å². The van der Waals surface area contributed by atoms with Crippen LogP contribution in [0.3, 0.4) is 0 Å². The third kappa shape index (κ3) is 9.25. The molecule has 0 aromatic heterocycles. The minimum Gasteiger partial charge on any atom is -0.469 e. The molecule has 8 heteroatoms. The smallest absolute Gasteiger partial charge is 0.305 e. The molecule has 3 atom stereocenters.